The molecule has 0 bridgehead atoms. The van der Waals surface area contributed by atoms with Crippen LogP contribution >= 0.6 is 0 Å². The van der Waals surface area contributed by atoms with Crippen molar-refractivity contribution < 1.29 is 0 Å². The van der Waals surface area contributed by atoms with Crippen LogP contribution in [-0.2, 0) is 6.42 Å². The van der Waals surface area contributed by atoms with E-state index < -0.39 is 0 Å². The van der Waals surface area contributed by atoms with Crippen molar-refractivity contribution in [2.45, 2.75) is 54.9 Å². The Hall–Kier alpha value is -1.56. The molecule has 0 fully saturated rings. The minimum absolute atomic E-state index is 1.14. The van der Waals surface area contributed by atoms with Gasteiger partial charge in [0.1, 0.15) is 0 Å². The molecule has 1 aromatic carbocycles. The molecule has 0 N–H and O–H groups in total. The van der Waals surface area contributed by atoms with Crippen LogP contribution in [0.3, 0.4) is 0 Å². The predicted molar refractivity (Wildman–Crippen MR) is 99.4 cm³/mol. The molecule has 0 aliphatic rings. The van der Waals surface area contributed by atoms with Gasteiger partial charge in [0.25, 0.3) is 0 Å². The van der Waals surface area contributed by atoms with Crippen molar-refractivity contribution in [3.8, 4) is 0 Å². The lowest BCUT2D eigenvalue weighted by Crippen LogP contribution is -1.73. The smallest absolute Gasteiger partial charge is 0.0307 e. The summed E-state index contributed by atoms with van der Waals surface area (Å²) >= 11 is 0. The summed E-state index contributed by atoms with van der Waals surface area (Å²) in [7, 11) is 0. The highest BCUT2D eigenvalue weighted by Crippen LogP contribution is 1.96. The van der Waals surface area contributed by atoms with Crippen LogP contribution < -0.4 is 0 Å². The number of benzene rings is 1. The van der Waals surface area contributed by atoms with Gasteiger partial charge in [-0.3, -0.25) is 0 Å². The highest BCUT2D eigenvalue weighted by atomic mass is 13.9. The van der Waals surface area contributed by atoms with Gasteiger partial charge in [0.2, 0.25) is 0 Å². The number of allylic oxidation sites excluding steroid dienone is 4. The lowest BCUT2D eigenvalue weighted by atomic mass is 10.2. The highest BCUT2D eigenvalue weighted by molar-refractivity contribution is 5.13. The average Bonchev–Trinajstić information content (AvgIpc) is 2.54. The highest BCUT2D eigenvalue weighted by Gasteiger charge is 1.79. The molecule has 0 amide bonds. The molecule has 0 atom stereocenters. The molecule has 116 valence electrons. The maximum atomic E-state index is 3.46. The maximum absolute atomic E-state index is 3.46. The van der Waals surface area contributed by atoms with Crippen molar-refractivity contribution in [2.24, 2.45) is 0 Å². The van der Waals surface area contributed by atoms with Gasteiger partial charge in [-0.2, -0.15) is 0 Å². The number of aryl methyl sites for hydroxylation is 1. The minimum Gasteiger partial charge on any atom is -0.103 e. The monoisotopic (exact) mass is 276 g/mol. The van der Waals surface area contributed by atoms with Crippen molar-refractivity contribution in [3.63, 3.8) is 0 Å². The fourth-order valence-electron chi connectivity index (χ4n) is 0.850. The summed E-state index contributed by atoms with van der Waals surface area (Å²) in [5.74, 6) is 0. The van der Waals surface area contributed by atoms with Gasteiger partial charge in [0.15, 0.2) is 0 Å². The molecule has 0 aliphatic carbocycles. The molecule has 1 aromatic rings. The van der Waals surface area contributed by atoms with Crippen LogP contribution in [0.15, 0.2) is 67.8 Å². The van der Waals surface area contributed by atoms with E-state index in [0.717, 1.165) is 6.42 Å². The second-order valence-electron chi connectivity index (χ2n) is 3.01. The fourth-order valence-corrected chi connectivity index (χ4v) is 0.850. The summed E-state index contributed by atoms with van der Waals surface area (Å²) in [5.41, 5.74) is 1.41. The second-order valence-corrected chi connectivity index (χ2v) is 3.01. The standard InChI is InChI=1S/C8H10.C5H8.C3H6.2C2H6/c1-2-8-6-4-3-5-7-8;1-3-5-4-2;1-3-2;2*1-2/h3-7H,2H2,1H3;3-5H,1H2,2H3;3H,1H2,2H3;2*1-2H3/b;5-4+;;;. The number of rotatable bonds is 2. The summed E-state index contributed by atoms with van der Waals surface area (Å²) in [6, 6.07) is 10.5. The molecular weight excluding hydrogens is 240 g/mol. The predicted octanol–water partition coefficient (Wildman–Crippen LogP) is 7.24. The Morgan fingerprint density at radius 1 is 0.900 bits per heavy atom. The Labute approximate surface area is 128 Å². The quantitative estimate of drug-likeness (QED) is 0.394. The Balaban J connectivity index is -0.0000000930. The van der Waals surface area contributed by atoms with E-state index in [2.05, 4.69) is 44.3 Å². The number of hydrogen-bond acceptors (Lipinski definition) is 0. The Bertz CT molecular complexity index is 267. The second kappa shape index (κ2) is 36.0. The molecule has 20 heavy (non-hydrogen) atoms. The SMILES string of the molecule is C=C/C=C/C.C=CC.CC.CC.CCc1ccccc1. The molecule has 0 heteroatoms. The zero-order chi connectivity index (χ0) is 16.6. The van der Waals surface area contributed by atoms with Gasteiger partial charge < -0.3 is 0 Å². The molecular formula is C20H36. The van der Waals surface area contributed by atoms with E-state index in [9.17, 15) is 0 Å². The first-order valence-electron chi connectivity index (χ1n) is 7.61. The van der Waals surface area contributed by atoms with E-state index in [4.69, 9.17) is 0 Å². The third kappa shape index (κ3) is 36.0. The van der Waals surface area contributed by atoms with Crippen molar-refractivity contribution in [3.05, 3.63) is 73.4 Å². The van der Waals surface area contributed by atoms with E-state index in [0.29, 0.717) is 0 Å². The van der Waals surface area contributed by atoms with E-state index in [1.54, 1.807) is 12.2 Å². The van der Waals surface area contributed by atoms with Crippen molar-refractivity contribution in [2.75, 3.05) is 0 Å². The van der Waals surface area contributed by atoms with Crippen molar-refractivity contribution >= 4 is 0 Å². The first-order valence-corrected chi connectivity index (χ1v) is 7.61. The molecule has 0 nitrogen and oxygen atoms in total. The summed E-state index contributed by atoms with van der Waals surface area (Å²) in [6.07, 6.45) is 8.47. The van der Waals surface area contributed by atoms with Crippen LogP contribution in [0.5, 0.6) is 0 Å². The average molecular weight is 277 g/mol. The molecule has 0 spiro atoms. The van der Waals surface area contributed by atoms with Crippen LogP contribution in [0.4, 0.5) is 0 Å². The van der Waals surface area contributed by atoms with Gasteiger partial charge >= 0.3 is 0 Å². The first-order chi connectivity index (χ1) is 9.76. The third-order valence-electron chi connectivity index (χ3n) is 1.58. The Morgan fingerprint density at radius 2 is 1.30 bits per heavy atom. The number of hydrogen-bond donors (Lipinski definition) is 0. The largest absolute Gasteiger partial charge is 0.103 e. The van der Waals surface area contributed by atoms with Gasteiger partial charge in [0.05, 0.1) is 0 Å². The Kier molecular flexibility index (Phi) is 48.4. The summed E-state index contributed by atoms with van der Waals surface area (Å²) in [4.78, 5) is 0. The van der Waals surface area contributed by atoms with Crippen molar-refractivity contribution in [1.82, 2.24) is 0 Å². The van der Waals surface area contributed by atoms with Crippen LogP contribution in [0.2, 0.25) is 0 Å². The van der Waals surface area contributed by atoms with Crippen LogP contribution in [0.1, 0.15) is 54.0 Å². The van der Waals surface area contributed by atoms with Crippen LogP contribution in [0.25, 0.3) is 0 Å². The minimum atomic E-state index is 1.14. The molecule has 0 radical (unpaired) electrons. The summed E-state index contributed by atoms with van der Waals surface area (Å²) < 4.78 is 0. The molecule has 0 saturated carbocycles. The first kappa shape index (κ1) is 26.9. The zero-order valence-electron chi connectivity index (χ0n) is 14.8. The van der Waals surface area contributed by atoms with Crippen molar-refractivity contribution in [1.29, 1.82) is 0 Å². The topological polar surface area (TPSA) is 0 Å². The molecule has 0 aromatic heterocycles. The maximum Gasteiger partial charge on any atom is -0.0307 e. The van der Waals surface area contributed by atoms with Crippen LogP contribution in [-0.4, -0.2) is 0 Å². The zero-order valence-corrected chi connectivity index (χ0v) is 14.8. The molecule has 1 rings (SSSR count). The van der Waals surface area contributed by atoms with Crippen LogP contribution in [0, 0.1) is 0 Å². The van der Waals surface area contributed by atoms with Gasteiger partial charge in [-0.05, 0) is 25.8 Å². The van der Waals surface area contributed by atoms with Gasteiger partial charge in [-0.1, -0.05) is 95.8 Å². The van der Waals surface area contributed by atoms with Gasteiger partial charge in [0, 0.05) is 0 Å². The normalized spacial score (nSPS) is 7.15. The molecule has 0 aliphatic heterocycles. The van der Waals surface area contributed by atoms with E-state index in [-0.39, 0.29) is 0 Å². The third-order valence-corrected chi connectivity index (χ3v) is 1.58. The lowest BCUT2D eigenvalue weighted by Gasteiger charge is -1.89. The molecule has 0 saturated heterocycles. The van der Waals surface area contributed by atoms with E-state index >= 15 is 0 Å². The molecule has 0 unspecified atom stereocenters. The summed E-state index contributed by atoms with van der Waals surface area (Å²) in [5, 5.41) is 0. The van der Waals surface area contributed by atoms with Gasteiger partial charge in [-0.25, -0.2) is 0 Å². The van der Waals surface area contributed by atoms with E-state index in [1.807, 2.05) is 59.8 Å². The fraction of sp³-hybridized carbons (Fsp3) is 0.400. The summed E-state index contributed by atoms with van der Waals surface area (Å²) in [6.45, 7) is 20.8. The lowest BCUT2D eigenvalue weighted by molar-refractivity contribution is 1.14. The Morgan fingerprint density at radius 3 is 1.45 bits per heavy atom. The molecule has 0 heterocycles. The van der Waals surface area contributed by atoms with E-state index in [1.165, 1.54) is 5.56 Å². The van der Waals surface area contributed by atoms with Gasteiger partial charge in [-0.15, -0.1) is 6.58 Å².